The highest BCUT2D eigenvalue weighted by Crippen LogP contribution is 2.21. The fraction of sp³-hybridized carbons (Fsp3) is 1.00. The first kappa shape index (κ1) is 13.3. The van der Waals surface area contributed by atoms with Gasteiger partial charge < -0.3 is 15.0 Å². The molecule has 0 spiro atoms. The largest absolute Gasteiger partial charge is 0.377 e. The second-order valence-electron chi connectivity index (χ2n) is 5.49. The van der Waals surface area contributed by atoms with Crippen LogP contribution in [0.1, 0.15) is 44.9 Å². The van der Waals surface area contributed by atoms with Crippen molar-refractivity contribution in [3.8, 4) is 0 Å². The van der Waals surface area contributed by atoms with Gasteiger partial charge in [0.2, 0.25) is 0 Å². The van der Waals surface area contributed by atoms with E-state index in [1.54, 1.807) is 0 Å². The van der Waals surface area contributed by atoms with E-state index in [1.165, 1.54) is 64.6 Å². The lowest BCUT2D eigenvalue weighted by molar-refractivity contribution is 0.00377. The number of hydrogen-bond donors (Lipinski definition) is 1. The summed E-state index contributed by atoms with van der Waals surface area (Å²) in [5, 5.41) is 3.40. The molecule has 1 N–H and O–H groups in total. The minimum atomic E-state index is 0.465. The van der Waals surface area contributed by atoms with Crippen molar-refractivity contribution in [3.63, 3.8) is 0 Å². The van der Waals surface area contributed by atoms with Crippen LogP contribution in [0.25, 0.3) is 0 Å². The van der Waals surface area contributed by atoms with Crippen LogP contribution in [0.2, 0.25) is 0 Å². The number of nitrogens with one attached hydrogen (secondary N) is 1. The van der Waals surface area contributed by atoms with Crippen LogP contribution < -0.4 is 5.32 Å². The van der Waals surface area contributed by atoms with Crippen LogP contribution in [0.4, 0.5) is 0 Å². The fourth-order valence-electron chi connectivity index (χ4n) is 3.16. The number of nitrogens with zero attached hydrogens (tertiary/aromatic N) is 1. The van der Waals surface area contributed by atoms with Gasteiger partial charge in [-0.3, -0.25) is 0 Å². The third-order valence-electron chi connectivity index (χ3n) is 4.22. The summed E-state index contributed by atoms with van der Waals surface area (Å²) in [5.41, 5.74) is 0. The Morgan fingerprint density at radius 2 is 1.88 bits per heavy atom. The zero-order valence-electron chi connectivity index (χ0n) is 11.3. The van der Waals surface area contributed by atoms with Gasteiger partial charge in [-0.05, 0) is 52.2 Å². The molecule has 0 radical (unpaired) electrons. The Morgan fingerprint density at radius 3 is 2.65 bits per heavy atom. The molecule has 1 aliphatic heterocycles. The van der Waals surface area contributed by atoms with Gasteiger partial charge in [-0.15, -0.1) is 0 Å². The van der Waals surface area contributed by atoms with Gasteiger partial charge in [0.1, 0.15) is 0 Å². The molecule has 0 aromatic carbocycles. The summed E-state index contributed by atoms with van der Waals surface area (Å²) >= 11 is 0. The summed E-state index contributed by atoms with van der Waals surface area (Å²) in [4.78, 5) is 2.57. The number of likely N-dealkylation sites (N-methyl/N-ethyl adjacent to an activating group) is 1. The zero-order chi connectivity index (χ0) is 11.9. The van der Waals surface area contributed by atoms with E-state index in [0.717, 1.165) is 6.61 Å². The molecule has 0 aromatic rings. The van der Waals surface area contributed by atoms with Crippen LogP contribution in [0.15, 0.2) is 0 Å². The van der Waals surface area contributed by atoms with Gasteiger partial charge in [-0.1, -0.05) is 12.8 Å². The summed E-state index contributed by atoms with van der Waals surface area (Å²) in [6.07, 6.45) is 9.69. The maximum absolute atomic E-state index is 6.06. The molecule has 2 unspecified atom stereocenters. The number of hydrogen-bond acceptors (Lipinski definition) is 3. The Bertz CT molecular complexity index is 204. The second kappa shape index (κ2) is 7.34. The van der Waals surface area contributed by atoms with Gasteiger partial charge in [0.25, 0.3) is 0 Å². The van der Waals surface area contributed by atoms with Crippen LogP contribution in [-0.2, 0) is 4.74 Å². The molecular weight excluding hydrogens is 212 g/mol. The topological polar surface area (TPSA) is 24.5 Å². The summed E-state index contributed by atoms with van der Waals surface area (Å²) < 4.78 is 6.06. The van der Waals surface area contributed by atoms with E-state index in [1.807, 2.05) is 0 Å². The fourth-order valence-corrected chi connectivity index (χ4v) is 3.16. The molecule has 1 heterocycles. The summed E-state index contributed by atoms with van der Waals surface area (Å²) in [6, 6.07) is 0.593. The number of likely N-dealkylation sites (tertiary alicyclic amines) is 1. The minimum absolute atomic E-state index is 0.465. The maximum atomic E-state index is 6.06. The molecule has 3 heteroatoms. The lowest BCUT2D eigenvalue weighted by Crippen LogP contribution is -2.42. The first-order valence-electron chi connectivity index (χ1n) is 7.41. The quantitative estimate of drug-likeness (QED) is 0.719. The Kier molecular flexibility index (Phi) is 5.75. The average Bonchev–Trinajstić information content (AvgIpc) is 2.88. The van der Waals surface area contributed by atoms with Crippen molar-refractivity contribution in [3.05, 3.63) is 0 Å². The molecule has 17 heavy (non-hydrogen) atoms. The molecule has 1 saturated carbocycles. The van der Waals surface area contributed by atoms with Crippen molar-refractivity contribution < 1.29 is 4.74 Å². The van der Waals surface area contributed by atoms with Crippen LogP contribution in [-0.4, -0.2) is 50.3 Å². The van der Waals surface area contributed by atoms with Crippen molar-refractivity contribution in [2.45, 2.75) is 57.1 Å². The highest BCUT2D eigenvalue weighted by Gasteiger charge is 2.24. The van der Waals surface area contributed by atoms with E-state index in [9.17, 15) is 0 Å². The van der Waals surface area contributed by atoms with Gasteiger partial charge in [0.05, 0.1) is 6.10 Å². The first-order chi connectivity index (χ1) is 8.40. The molecule has 2 aliphatic rings. The molecule has 0 bridgehead atoms. The highest BCUT2D eigenvalue weighted by atomic mass is 16.5. The molecule has 1 aliphatic carbocycles. The standard InChI is InChI=1S/C14H28N2O/c1-15-13-7-2-3-8-14(13)17-12-6-11-16-9-4-5-10-16/h13-15H,2-12H2,1H3. The maximum Gasteiger partial charge on any atom is 0.0727 e. The predicted octanol–water partition coefficient (Wildman–Crippen LogP) is 2.02. The molecule has 0 amide bonds. The van der Waals surface area contributed by atoms with Crippen LogP contribution >= 0.6 is 0 Å². The SMILES string of the molecule is CNC1CCCCC1OCCCN1CCCC1. The highest BCUT2D eigenvalue weighted by molar-refractivity contribution is 4.80. The van der Waals surface area contributed by atoms with E-state index in [-0.39, 0.29) is 0 Å². The van der Waals surface area contributed by atoms with E-state index < -0.39 is 0 Å². The molecule has 0 aromatic heterocycles. The third-order valence-corrected chi connectivity index (χ3v) is 4.22. The van der Waals surface area contributed by atoms with Crippen molar-refractivity contribution >= 4 is 0 Å². The first-order valence-corrected chi connectivity index (χ1v) is 7.41. The Balaban J connectivity index is 1.56. The van der Waals surface area contributed by atoms with Gasteiger partial charge in [-0.2, -0.15) is 0 Å². The lowest BCUT2D eigenvalue weighted by Gasteiger charge is -2.31. The average molecular weight is 240 g/mol. The lowest BCUT2D eigenvalue weighted by atomic mass is 9.92. The van der Waals surface area contributed by atoms with Crippen molar-refractivity contribution in [1.29, 1.82) is 0 Å². The van der Waals surface area contributed by atoms with E-state index in [2.05, 4.69) is 17.3 Å². The third kappa shape index (κ3) is 4.23. The molecule has 2 fully saturated rings. The second-order valence-corrected chi connectivity index (χ2v) is 5.49. The molecule has 2 atom stereocenters. The number of ether oxygens (including phenoxy) is 1. The monoisotopic (exact) mass is 240 g/mol. The minimum Gasteiger partial charge on any atom is -0.377 e. The smallest absolute Gasteiger partial charge is 0.0727 e. The Morgan fingerprint density at radius 1 is 1.12 bits per heavy atom. The molecule has 3 nitrogen and oxygen atoms in total. The van der Waals surface area contributed by atoms with Crippen molar-refractivity contribution in [1.82, 2.24) is 10.2 Å². The van der Waals surface area contributed by atoms with Gasteiger partial charge in [0.15, 0.2) is 0 Å². The van der Waals surface area contributed by atoms with Gasteiger partial charge in [0, 0.05) is 19.2 Å². The Hall–Kier alpha value is -0.120. The van der Waals surface area contributed by atoms with Gasteiger partial charge >= 0.3 is 0 Å². The molecular formula is C14H28N2O. The predicted molar refractivity (Wildman–Crippen MR) is 71.3 cm³/mol. The molecule has 2 rings (SSSR count). The zero-order valence-corrected chi connectivity index (χ0v) is 11.3. The summed E-state index contributed by atoms with van der Waals surface area (Å²) in [5.74, 6) is 0. The summed E-state index contributed by atoms with van der Waals surface area (Å²) in [7, 11) is 2.07. The molecule has 1 saturated heterocycles. The van der Waals surface area contributed by atoms with Crippen molar-refractivity contribution in [2.75, 3.05) is 33.3 Å². The van der Waals surface area contributed by atoms with E-state index in [0.29, 0.717) is 12.1 Å². The van der Waals surface area contributed by atoms with E-state index >= 15 is 0 Å². The van der Waals surface area contributed by atoms with Crippen molar-refractivity contribution in [2.24, 2.45) is 0 Å². The van der Waals surface area contributed by atoms with E-state index in [4.69, 9.17) is 4.74 Å². The Labute approximate surface area is 106 Å². The normalized spacial score (nSPS) is 30.9. The number of rotatable bonds is 6. The molecule has 100 valence electrons. The van der Waals surface area contributed by atoms with Crippen LogP contribution in [0.3, 0.4) is 0 Å². The van der Waals surface area contributed by atoms with Crippen LogP contribution in [0.5, 0.6) is 0 Å². The summed E-state index contributed by atoms with van der Waals surface area (Å²) in [6.45, 7) is 4.79. The van der Waals surface area contributed by atoms with Crippen LogP contribution in [0, 0.1) is 0 Å². The van der Waals surface area contributed by atoms with Gasteiger partial charge in [-0.25, -0.2) is 0 Å².